The zero-order chi connectivity index (χ0) is 41.5. The van der Waals surface area contributed by atoms with Crippen molar-refractivity contribution in [2.24, 2.45) is 0 Å². The summed E-state index contributed by atoms with van der Waals surface area (Å²) in [5, 5.41) is 7.21. The van der Waals surface area contributed by atoms with Crippen LogP contribution < -0.4 is 29.9 Å². The van der Waals surface area contributed by atoms with Crippen LogP contribution in [-0.2, 0) is 0 Å². The Balaban J connectivity index is 0.916. The summed E-state index contributed by atoms with van der Waals surface area (Å²) >= 11 is 12.6. The van der Waals surface area contributed by atoms with Gasteiger partial charge in [0.1, 0.15) is 11.8 Å². The number of nitrogens with zero attached hydrogens (tertiary/aromatic N) is 8. The van der Waals surface area contributed by atoms with E-state index in [9.17, 15) is 9.59 Å². The molecule has 5 aromatic heterocycles. The lowest BCUT2D eigenvalue weighted by molar-refractivity contribution is 0.200. The first-order chi connectivity index (χ1) is 29.8. The van der Waals surface area contributed by atoms with Gasteiger partial charge in [0.2, 0.25) is 0 Å². The molecule has 7 heterocycles. The van der Waals surface area contributed by atoms with Crippen LogP contribution in [0.3, 0.4) is 0 Å². The topological polar surface area (TPSA) is 152 Å². The standard InChI is InChI=1S/C45H34Cl2N10O4/c46-29-6-1-4-27(22-29)33-11-13-39-42(53-33)56(19-3-21-60-39)45(59)51-32-9-15-41-52-37(26-55(41)25-32)38-16-20-57(44(58)50-31-8-10-35-36(24-31)49-18-17-48-35)43-40(61-38)14-12-34(54-43)28-5-2-7-30(47)23-28/h1-2,4-15,17-18,22-26,38H,3,16,19-21H2,(H,50,58)(H,51,59). The van der Waals surface area contributed by atoms with Crippen LogP contribution >= 0.6 is 23.2 Å². The van der Waals surface area contributed by atoms with Gasteiger partial charge in [-0.1, -0.05) is 47.5 Å². The van der Waals surface area contributed by atoms with Crippen molar-refractivity contribution >= 4 is 75.0 Å². The van der Waals surface area contributed by atoms with Crippen molar-refractivity contribution < 1.29 is 19.1 Å². The molecule has 3 aromatic carbocycles. The Morgan fingerprint density at radius 1 is 0.656 bits per heavy atom. The Morgan fingerprint density at radius 2 is 1.31 bits per heavy atom. The first-order valence-corrected chi connectivity index (χ1v) is 20.3. The van der Waals surface area contributed by atoms with E-state index in [1.807, 2.05) is 83.4 Å². The number of hydrogen-bond acceptors (Lipinski definition) is 9. The molecule has 302 valence electrons. The molecule has 0 saturated carbocycles. The maximum absolute atomic E-state index is 14.1. The fraction of sp³-hybridized carbons (Fsp3) is 0.133. The highest BCUT2D eigenvalue weighted by Crippen LogP contribution is 2.39. The second-order valence-corrected chi connectivity index (χ2v) is 15.3. The molecular weight excluding hydrogens is 815 g/mol. The number of hydrogen-bond donors (Lipinski definition) is 2. The predicted molar refractivity (Wildman–Crippen MR) is 235 cm³/mol. The number of urea groups is 2. The van der Waals surface area contributed by atoms with Crippen molar-refractivity contribution in [3.8, 4) is 34.0 Å². The number of amides is 4. The highest BCUT2D eigenvalue weighted by Gasteiger charge is 2.31. The number of benzene rings is 3. The fourth-order valence-electron chi connectivity index (χ4n) is 7.42. The Hall–Kier alpha value is -7.29. The lowest BCUT2D eigenvalue weighted by atomic mass is 10.1. The zero-order valence-corrected chi connectivity index (χ0v) is 33.7. The van der Waals surface area contributed by atoms with Gasteiger partial charge in [0.05, 0.1) is 40.4 Å². The quantitative estimate of drug-likeness (QED) is 0.172. The van der Waals surface area contributed by atoms with Crippen molar-refractivity contribution in [1.29, 1.82) is 0 Å². The van der Waals surface area contributed by atoms with Crippen LogP contribution in [0.25, 0.3) is 39.2 Å². The van der Waals surface area contributed by atoms with Crippen LogP contribution in [0.5, 0.6) is 11.5 Å². The summed E-state index contributed by atoms with van der Waals surface area (Å²) < 4.78 is 14.4. The molecule has 0 radical (unpaired) electrons. The third-order valence-electron chi connectivity index (χ3n) is 10.4. The minimum atomic E-state index is -0.544. The van der Waals surface area contributed by atoms with Crippen molar-refractivity contribution in [3.63, 3.8) is 0 Å². The number of rotatable bonds is 5. The van der Waals surface area contributed by atoms with E-state index < -0.39 is 12.1 Å². The van der Waals surface area contributed by atoms with E-state index in [1.165, 1.54) is 0 Å². The van der Waals surface area contributed by atoms with Gasteiger partial charge in [-0.05, 0) is 85.3 Å². The molecule has 16 heteroatoms. The molecular formula is C45H34Cl2N10O4. The molecule has 0 aliphatic carbocycles. The van der Waals surface area contributed by atoms with Gasteiger partial charge in [-0.3, -0.25) is 19.8 Å². The monoisotopic (exact) mass is 848 g/mol. The third-order valence-corrected chi connectivity index (χ3v) is 10.8. The van der Waals surface area contributed by atoms with Crippen LogP contribution in [0.2, 0.25) is 10.0 Å². The summed E-state index contributed by atoms with van der Waals surface area (Å²) in [6.07, 6.45) is 7.37. The summed E-state index contributed by atoms with van der Waals surface area (Å²) in [4.78, 5) is 54.6. The van der Waals surface area contributed by atoms with Gasteiger partial charge < -0.3 is 24.5 Å². The van der Waals surface area contributed by atoms with Crippen molar-refractivity contribution in [2.75, 3.05) is 40.1 Å². The molecule has 0 fully saturated rings. The van der Waals surface area contributed by atoms with Gasteiger partial charge in [0, 0.05) is 71.2 Å². The summed E-state index contributed by atoms with van der Waals surface area (Å²) in [7, 11) is 0. The number of nitrogens with one attached hydrogen (secondary N) is 2. The molecule has 4 amide bonds. The number of aromatic nitrogens is 6. The minimum absolute atomic E-state index is 0.256. The van der Waals surface area contributed by atoms with E-state index in [0.717, 1.165) is 11.1 Å². The van der Waals surface area contributed by atoms with Crippen LogP contribution in [0.4, 0.5) is 32.6 Å². The number of ether oxygens (including phenoxy) is 2. The molecule has 0 saturated heterocycles. The van der Waals surface area contributed by atoms with E-state index in [2.05, 4.69) is 20.6 Å². The molecule has 0 spiro atoms. The Morgan fingerprint density at radius 3 is 2.05 bits per heavy atom. The molecule has 61 heavy (non-hydrogen) atoms. The summed E-state index contributed by atoms with van der Waals surface area (Å²) in [5.74, 6) is 1.70. The summed E-state index contributed by atoms with van der Waals surface area (Å²) in [6.45, 7) is 1.12. The van der Waals surface area contributed by atoms with Gasteiger partial charge in [0.15, 0.2) is 23.1 Å². The average Bonchev–Trinajstić information content (AvgIpc) is 3.44. The first-order valence-electron chi connectivity index (χ1n) is 19.5. The second-order valence-electron chi connectivity index (χ2n) is 14.4. The van der Waals surface area contributed by atoms with Crippen LogP contribution in [0, 0.1) is 0 Å². The zero-order valence-electron chi connectivity index (χ0n) is 32.2. The molecule has 10 rings (SSSR count). The Bertz CT molecular complexity index is 3000. The number of carbonyl (C=O) groups excluding carboxylic acids is 2. The SMILES string of the molecule is O=C(Nc1ccc2nc(C3CCN(C(=O)Nc4ccc5nccnc5c4)c4nc(-c5cccc(Cl)c5)ccc4O3)cn2c1)N1CCCOc2ccc(-c3cccc(Cl)c3)nc21. The van der Waals surface area contributed by atoms with Crippen molar-refractivity contribution in [2.45, 2.75) is 18.9 Å². The molecule has 14 nitrogen and oxygen atoms in total. The molecule has 2 aliphatic heterocycles. The normalized spacial score (nSPS) is 14.9. The minimum Gasteiger partial charge on any atom is -0.490 e. The lowest BCUT2D eigenvalue weighted by Crippen LogP contribution is -2.36. The van der Waals surface area contributed by atoms with Crippen molar-refractivity contribution in [3.05, 3.63) is 144 Å². The van der Waals surface area contributed by atoms with Gasteiger partial charge in [0.25, 0.3) is 0 Å². The number of fused-ring (bicyclic) bond motifs is 4. The van der Waals surface area contributed by atoms with Gasteiger partial charge >= 0.3 is 12.1 Å². The van der Waals surface area contributed by atoms with E-state index in [4.69, 9.17) is 47.6 Å². The Kier molecular flexibility index (Phi) is 9.98. The maximum Gasteiger partial charge on any atom is 0.327 e. The van der Waals surface area contributed by atoms with E-state index in [1.54, 1.807) is 58.7 Å². The highest BCUT2D eigenvalue weighted by atomic mass is 35.5. The number of pyridine rings is 3. The number of anilines is 4. The van der Waals surface area contributed by atoms with E-state index in [-0.39, 0.29) is 12.6 Å². The van der Waals surface area contributed by atoms with Gasteiger partial charge in [-0.25, -0.2) is 24.5 Å². The van der Waals surface area contributed by atoms with E-state index in [0.29, 0.717) is 104 Å². The summed E-state index contributed by atoms with van der Waals surface area (Å²) in [5.41, 5.74) is 6.66. The lowest BCUT2D eigenvalue weighted by Gasteiger charge is -2.22. The number of halogens is 2. The maximum atomic E-state index is 14.1. The van der Waals surface area contributed by atoms with Crippen LogP contribution in [0.15, 0.2) is 128 Å². The molecule has 0 bridgehead atoms. The molecule has 2 aliphatic rings. The molecule has 1 atom stereocenters. The molecule has 2 N–H and O–H groups in total. The average molecular weight is 850 g/mol. The predicted octanol–water partition coefficient (Wildman–Crippen LogP) is 10.1. The largest absolute Gasteiger partial charge is 0.490 e. The molecule has 8 aromatic rings. The Labute approximate surface area is 358 Å². The van der Waals surface area contributed by atoms with Crippen molar-refractivity contribution in [1.82, 2.24) is 29.3 Å². The van der Waals surface area contributed by atoms with Gasteiger partial charge in [-0.2, -0.15) is 0 Å². The second kappa shape index (κ2) is 16.0. The highest BCUT2D eigenvalue weighted by molar-refractivity contribution is 6.31. The number of imidazole rings is 1. The first kappa shape index (κ1) is 37.9. The van der Waals surface area contributed by atoms with E-state index >= 15 is 0 Å². The van der Waals surface area contributed by atoms with Crippen LogP contribution in [0.1, 0.15) is 24.6 Å². The molecule has 1 unspecified atom stereocenters. The van der Waals surface area contributed by atoms with Gasteiger partial charge in [-0.15, -0.1) is 0 Å². The fourth-order valence-corrected chi connectivity index (χ4v) is 7.80. The smallest absolute Gasteiger partial charge is 0.327 e. The van der Waals surface area contributed by atoms with Crippen LogP contribution in [-0.4, -0.2) is 61.1 Å². The third kappa shape index (κ3) is 7.81. The summed E-state index contributed by atoms with van der Waals surface area (Å²) in [6, 6.07) is 30.4. The number of carbonyl (C=O) groups is 2.